The predicted octanol–water partition coefficient (Wildman–Crippen LogP) is 1.66. The van der Waals surface area contributed by atoms with Crippen LogP contribution >= 0.6 is 0 Å². The molecule has 0 saturated heterocycles. The van der Waals surface area contributed by atoms with Crippen LogP contribution < -0.4 is 0 Å². The van der Waals surface area contributed by atoms with E-state index in [1.54, 1.807) is 24.3 Å². The number of azide groups is 1. The third-order valence-corrected chi connectivity index (χ3v) is 2.79. The Bertz CT molecular complexity index is 1030. The number of aromatic nitrogens is 6. The highest BCUT2D eigenvalue weighted by atomic mass is 16.5. The van der Waals surface area contributed by atoms with E-state index in [1.807, 2.05) is 6.07 Å². The Labute approximate surface area is 170 Å². The van der Waals surface area contributed by atoms with Gasteiger partial charge in [-0.2, -0.15) is 0 Å². The van der Waals surface area contributed by atoms with E-state index < -0.39 is 11.9 Å². The van der Waals surface area contributed by atoms with E-state index in [0.717, 1.165) is 0 Å². The number of hydrogen-bond acceptors (Lipinski definition) is 10. The number of ether oxygens (including phenoxy) is 2. The van der Waals surface area contributed by atoms with Gasteiger partial charge in [-0.3, -0.25) is 0 Å². The maximum absolute atomic E-state index is 11.1. The number of esters is 2. The van der Waals surface area contributed by atoms with Crippen LogP contribution in [-0.2, 0) is 14.3 Å². The molecule has 0 aliphatic rings. The van der Waals surface area contributed by atoms with Gasteiger partial charge in [-0.25, -0.2) is 29.2 Å². The number of pyridine rings is 1. The molecule has 13 heteroatoms. The van der Waals surface area contributed by atoms with Crippen molar-refractivity contribution >= 4 is 17.8 Å². The summed E-state index contributed by atoms with van der Waals surface area (Å²) < 4.78 is 9.94. The number of terminal acetylenes is 1. The number of nitrogens with zero attached hydrogens (tertiary/aromatic N) is 9. The largest absolute Gasteiger partial charge is 0.464 e. The second-order valence-electron chi connectivity index (χ2n) is 4.62. The first kappa shape index (κ1) is 23.2. The zero-order valence-corrected chi connectivity index (χ0v) is 15.9. The summed E-state index contributed by atoms with van der Waals surface area (Å²) >= 11 is 0. The summed E-state index contributed by atoms with van der Waals surface area (Å²) in [5.41, 5.74) is 8.07. The summed E-state index contributed by atoms with van der Waals surface area (Å²) in [7, 11) is 2.53. The van der Waals surface area contributed by atoms with Gasteiger partial charge in [0.05, 0.1) is 20.4 Å². The maximum Gasteiger partial charge on any atom is 0.383 e. The van der Waals surface area contributed by atoms with Crippen molar-refractivity contribution in [3.05, 3.63) is 65.3 Å². The molecule has 30 heavy (non-hydrogen) atoms. The molecule has 0 atom stereocenters. The Balaban J connectivity index is 0.000000256. The van der Waals surface area contributed by atoms with Crippen LogP contribution in [0.25, 0.3) is 16.3 Å². The van der Waals surface area contributed by atoms with E-state index in [1.165, 1.54) is 43.7 Å². The highest BCUT2D eigenvalue weighted by Gasteiger charge is 2.11. The fraction of sp³-hybridized carbons (Fsp3) is 0.118. The summed E-state index contributed by atoms with van der Waals surface area (Å²) in [6.45, 7) is 0. The third-order valence-electron chi connectivity index (χ3n) is 2.79. The average molecular weight is 409 g/mol. The highest BCUT2D eigenvalue weighted by molar-refractivity contribution is 5.87. The van der Waals surface area contributed by atoms with Crippen LogP contribution in [0.3, 0.4) is 0 Å². The van der Waals surface area contributed by atoms with Gasteiger partial charge in [0.1, 0.15) is 12.1 Å². The summed E-state index contributed by atoms with van der Waals surface area (Å²) in [5.74, 6) is 1.54. The maximum atomic E-state index is 11.1. The van der Waals surface area contributed by atoms with Crippen LogP contribution in [0.5, 0.6) is 0 Å². The molecule has 0 fully saturated rings. The second-order valence-corrected chi connectivity index (χ2v) is 4.62. The zero-order chi connectivity index (χ0) is 22.2. The molecule has 13 nitrogen and oxygen atoms in total. The molecule has 152 valence electrons. The zero-order valence-electron chi connectivity index (χ0n) is 15.9. The molecular formula is C17H15N9O4. The normalized spacial score (nSPS) is 8.57. The van der Waals surface area contributed by atoms with Crippen molar-refractivity contribution in [1.82, 2.24) is 29.9 Å². The van der Waals surface area contributed by atoms with Gasteiger partial charge in [0.15, 0.2) is 11.5 Å². The molecule has 0 aromatic carbocycles. The number of rotatable bonds is 3. The lowest BCUT2D eigenvalue weighted by atomic mass is 10.4. The van der Waals surface area contributed by atoms with Gasteiger partial charge in [-0.1, -0.05) is 11.3 Å². The Morgan fingerprint density at radius 1 is 1.20 bits per heavy atom. The molecule has 0 aliphatic heterocycles. The van der Waals surface area contributed by atoms with Crippen molar-refractivity contribution in [2.75, 3.05) is 14.2 Å². The monoisotopic (exact) mass is 409 g/mol. The van der Waals surface area contributed by atoms with Gasteiger partial charge in [0, 0.05) is 23.2 Å². The molecule has 0 radical (unpaired) electrons. The van der Waals surface area contributed by atoms with Crippen LogP contribution in [0.15, 0.2) is 54.3 Å². The van der Waals surface area contributed by atoms with E-state index >= 15 is 0 Å². The Morgan fingerprint density at radius 2 is 2.00 bits per heavy atom. The van der Waals surface area contributed by atoms with Crippen LogP contribution in [0.2, 0.25) is 0 Å². The van der Waals surface area contributed by atoms with Crippen LogP contribution in [0, 0.1) is 12.3 Å². The van der Waals surface area contributed by atoms with Crippen molar-refractivity contribution in [1.29, 1.82) is 0 Å². The fourth-order valence-electron chi connectivity index (χ4n) is 1.51. The number of carbonyl (C=O) groups excluding carboxylic acids is 2. The molecular weight excluding hydrogens is 394 g/mol. The minimum absolute atomic E-state index is 0.156. The fourth-order valence-corrected chi connectivity index (χ4v) is 1.51. The van der Waals surface area contributed by atoms with Crippen molar-refractivity contribution in [3.63, 3.8) is 0 Å². The smallest absolute Gasteiger partial charge is 0.383 e. The van der Waals surface area contributed by atoms with Crippen LogP contribution in [0.4, 0.5) is 5.82 Å². The van der Waals surface area contributed by atoms with E-state index in [2.05, 4.69) is 51.2 Å². The average Bonchev–Trinajstić information content (AvgIpc) is 3.31. The lowest BCUT2D eigenvalue weighted by molar-refractivity contribution is -0.133. The molecule has 0 N–H and O–H groups in total. The minimum Gasteiger partial charge on any atom is -0.464 e. The SMILES string of the molecule is C#CC(=O)OC.COC(=O)c1cn(-c2ccccn2)nn1.[N-]=[N+]=Nc1ccncn1. The van der Waals surface area contributed by atoms with E-state index in [4.69, 9.17) is 5.53 Å². The van der Waals surface area contributed by atoms with Gasteiger partial charge < -0.3 is 9.47 Å². The van der Waals surface area contributed by atoms with Crippen molar-refractivity contribution in [3.8, 4) is 18.2 Å². The van der Waals surface area contributed by atoms with E-state index in [-0.39, 0.29) is 5.69 Å². The first-order valence-electron chi connectivity index (χ1n) is 7.83. The summed E-state index contributed by atoms with van der Waals surface area (Å²) in [5, 5.41) is 10.7. The molecule has 0 saturated carbocycles. The van der Waals surface area contributed by atoms with Crippen LogP contribution in [-0.4, -0.2) is 56.1 Å². The molecule has 3 rings (SSSR count). The van der Waals surface area contributed by atoms with Gasteiger partial charge in [0.2, 0.25) is 0 Å². The van der Waals surface area contributed by atoms with Gasteiger partial charge in [-0.05, 0) is 28.8 Å². The second kappa shape index (κ2) is 13.4. The predicted molar refractivity (Wildman–Crippen MR) is 102 cm³/mol. The third kappa shape index (κ3) is 8.25. The van der Waals surface area contributed by atoms with Crippen molar-refractivity contribution in [2.24, 2.45) is 5.11 Å². The van der Waals surface area contributed by atoms with Crippen molar-refractivity contribution < 1.29 is 19.1 Å². The summed E-state index contributed by atoms with van der Waals surface area (Å²) in [6.07, 6.45) is 10.5. The number of carbonyl (C=O) groups is 2. The number of methoxy groups -OCH3 is 2. The minimum atomic E-state index is -0.630. The lowest BCUT2D eigenvalue weighted by Crippen LogP contribution is -2.01. The standard InChI is InChI=1S/C9H8N4O2.C4H3N5.C4H4O2/c1-15-9(14)7-6-13(12-11-7)8-4-2-3-5-10-8;5-9-8-4-1-2-6-3-7-4;1-3-4(5)6-2/h2-6H,1H3;1-3H;1H,2H3. The first-order valence-corrected chi connectivity index (χ1v) is 7.83. The molecule has 0 amide bonds. The van der Waals surface area contributed by atoms with Crippen molar-refractivity contribution in [2.45, 2.75) is 0 Å². The Morgan fingerprint density at radius 3 is 2.50 bits per heavy atom. The van der Waals surface area contributed by atoms with Gasteiger partial charge in [-0.15, -0.1) is 11.5 Å². The quantitative estimate of drug-likeness (QED) is 0.156. The molecule has 3 aromatic heterocycles. The molecule has 0 aliphatic carbocycles. The summed E-state index contributed by atoms with van der Waals surface area (Å²) in [6, 6.07) is 6.90. The number of hydrogen-bond donors (Lipinski definition) is 0. The molecule has 0 unspecified atom stereocenters. The molecule has 3 aromatic rings. The van der Waals surface area contributed by atoms with Gasteiger partial charge in [0.25, 0.3) is 0 Å². The lowest BCUT2D eigenvalue weighted by Gasteiger charge is -1.95. The highest BCUT2D eigenvalue weighted by Crippen LogP contribution is 2.03. The molecule has 3 heterocycles. The van der Waals surface area contributed by atoms with E-state index in [0.29, 0.717) is 11.6 Å². The molecule has 0 spiro atoms. The topological polar surface area (TPSA) is 171 Å². The van der Waals surface area contributed by atoms with Crippen LogP contribution in [0.1, 0.15) is 10.5 Å². The van der Waals surface area contributed by atoms with E-state index in [9.17, 15) is 9.59 Å². The molecule has 0 bridgehead atoms. The Hall–Kier alpha value is -4.82. The van der Waals surface area contributed by atoms with Gasteiger partial charge >= 0.3 is 11.9 Å². The summed E-state index contributed by atoms with van der Waals surface area (Å²) in [4.78, 5) is 34.7. The Kier molecular flexibility index (Phi) is 10.3. The first-order chi connectivity index (χ1) is 14.5.